The summed E-state index contributed by atoms with van der Waals surface area (Å²) in [7, 11) is 0. The third-order valence-corrected chi connectivity index (χ3v) is 9.71. The number of amides is 3. The molecule has 65 heavy (non-hydrogen) atoms. The maximum atomic E-state index is 12.3. The second kappa shape index (κ2) is 30.4. The van der Waals surface area contributed by atoms with E-state index >= 15 is 0 Å². The summed E-state index contributed by atoms with van der Waals surface area (Å²) in [5.41, 5.74) is 0.414. The fourth-order valence-corrected chi connectivity index (χ4v) is 6.99. The average Bonchev–Trinajstić information content (AvgIpc) is 3.29. The number of hydrogen-bond acceptors (Lipinski definition) is 9. The number of hydrogen-bond donors (Lipinski definition) is 4. The zero-order chi connectivity index (χ0) is 49.1. The van der Waals surface area contributed by atoms with Gasteiger partial charge in [0.15, 0.2) is 11.4 Å². The van der Waals surface area contributed by atoms with Crippen molar-refractivity contribution in [3.8, 4) is 0 Å². The molecule has 4 N–H and O–H groups in total. The SMILES string of the molecule is CC.CC.CC.CC(C)(C)NC(=O)c1ncc(Cc2ccccc2)[nH]c1=O.CC(C)NC(=O)c1ccnn(C2CCCCC2)c1=O.CC(C)NC(=O)c1nccn(C2CCCCC2)c1=O. The van der Waals surface area contributed by atoms with Crippen molar-refractivity contribution in [2.24, 2.45) is 0 Å². The summed E-state index contributed by atoms with van der Waals surface area (Å²) in [5, 5.41) is 12.3. The van der Waals surface area contributed by atoms with Gasteiger partial charge >= 0.3 is 0 Å². The number of aromatic amines is 1. The molecular weight excluding hydrogens is 823 g/mol. The highest BCUT2D eigenvalue weighted by molar-refractivity contribution is 5.94. The van der Waals surface area contributed by atoms with E-state index in [0.29, 0.717) is 12.1 Å². The Morgan fingerprint density at radius 1 is 0.677 bits per heavy atom. The van der Waals surface area contributed by atoms with E-state index in [0.717, 1.165) is 56.9 Å². The maximum absolute atomic E-state index is 12.3. The lowest BCUT2D eigenvalue weighted by Gasteiger charge is -2.24. The van der Waals surface area contributed by atoms with Gasteiger partial charge in [0.25, 0.3) is 34.4 Å². The lowest BCUT2D eigenvalue weighted by atomic mass is 9.95. The molecule has 2 saturated carbocycles. The standard InChI is InChI=1S/C16H19N3O2.2C14H21N3O2.3C2H6/c1-16(2,3)19-15(21)13-14(20)18-12(10-17-13)9-11-7-5-4-6-8-11;1-10(2)16-13(18)12-14(19)17(9-8-15-12)11-6-4-3-5-7-11;1-10(2)16-13(18)12-8-9-15-17(14(12)19)11-6-4-3-5-7-11;3*1-2/h4-8,10H,9H2,1-3H3,(H,18,20)(H,19,21);2*8-11H,3-7H2,1-2H3,(H,16,18);3*1-2H3. The molecule has 360 valence electrons. The highest BCUT2D eigenvalue weighted by Crippen LogP contribution is 2.27. The number of nitrogens with one attached hydrogen (secondary N) is 4. The van der Waals surface area contributed by atoms with Crippen LogP contribution in [-0.4, -0.2) is 64.6 Å². The molecule has 3 aromatic heterocycles. The van der Waals surface area contributed by atoms with Gasteiger partial charge in [-0.15, -0.1) is 0 Å². The maximum Gasteiger partial charge on any atom is 0.282 e. The zero-order valence-electron chi connectivity index (χ0n) is 41.5. The van der Waals surface area contributed by atoms with Crippen LogP contribution in [0.25, 0.3) is 0 Å². The van der Waals surface area contributed by atoms with Crippen LogP contribution < -0.4 is 32.6 Å². The zero-order valence-corrected chi connectivity index (χ0v) is 41.5. The molecule has 2 fully saturated rings. The quantitative estimate of drug-likeness (QED) is 0.127. The molecular formula is C50H79N9O6. The average molecular weight is 902 g/mol. The van der Waals surface area contributed by atoms with E-state index in [4.69, 9.17) is 0 Å². The molecule has 15 nitrogen and oxygen atoms in total. The summed E-state index contributed by atoms with van der Waals surface area (Å²) in [6.45, 7) is 25.0. The summed E-state index contributed by atoms with van der Waals surface area (Å²) >= 11 is 0. The molecule has 0 spiro atoms. The molecule has 2 aliphatic carbocycles. The molecule has 0 bridgehead atoms. The summed E-state index contributed by atoms with van der Waals surface area (Å²) in [6, 6.07) is 11.6. The normalized spacial score (nSPS) is 13.6. The number of carbonyl (C=O) groups excluding carboxylic acids is 3. The van der Waals surface area contributed by atoms with Gasteiger partial charge in [0.1, 0.15) is 5.56 Å². The first-order chi connectivity index (χ1) is 31.0. The van der Waals surface area contributed by atoms with Crippen molar-refractivity contribution in [3.05, 3.63) is 120 Å². The number of rotatable bonds is 9. The van der Waals surface area contributed by atoms with Crippen LogP contribution in [0.4, 0.5) is 0 Å². The Bertz CT molecular complexity index is 2080. The number of nitrogens with zero attached hydrogens (tertiary/aromatic N) is 5. The second-order valence-electron chi connectivity index (χ2n) is 16.8. The summed E-state index contributed by atoms with van der Waals surface area (Å²) < 4.78 is 3.18. The van der Waals surface area contributed by atoms with Crippen LogP contribution in [-0.2, 0) is 6.42 Å². The molecule has 0 aliphatic heterocycles. The molecule has 4 aromatic rings. The highest BCUT2D eigenvalue weighted by Gasteiger charge is 2.23. The van der Waals surface area contributed by atoms with Gasteiger partial charge < -0.3 is 25.5 Å². The second-order valence-corrected chi connectivity index (χ2v) is 16.8. The predicted octanol–water partition coefficient (Wildman–Crippen LogP) is 8.74. The molecule has 6 rings (SSSR count). The molecule has 0 saturated heterocycles. The molecule has 0 unspecified atom stereocenters. The topological polar surface area (TPSA) is 203 Å². The predicted molar refractivity (Wildman–Crippen MR) is 262 cm³/mol. The molecule has 0 radical (unpaired) electrons. The Balaban J connectivity index is 0.000000461. The van der Waals surface area contributed by atoms with E-state index in [9.17, 15) is 28.8 Å². The van der Waals surface area contributed by atoms with Gasteiger partial charge in [0, 0.05) is 60.6 Å². The summed E-state index contributed by atoms with van der Waals surface area (Å²) in [5.74, 6) is -1.16. The van der Waals surface area contributed by atoms with E-state index in [2.05, 4.69) is 36.0 Å². The Morgan fingerprint density at radius 2 is 1.22 bits per heavy atom. The minimum absolute atomic E-state index is 0.00164. The van der Waals surface area contributed by atoms with Crippen LogP contribution in [0.1, 0.15) is 209 Å². The van der Waals surface area contributed by atoms with Gasteiger partial charge in [-0.05, 0) is 85.8 Å². The molecule has 3 amide bonds. The van der Waals surface area contributed by atoms with E-state index in [1.165, 1.54) is 29.8 Å². The number of carbonyl (C=O) groups is 3. The number of aromatic nitrogens is 6. The van der Waals surface area contributed by atoms with Crippen LogP contribution in [0.15, 0.2) is 75.6 Å². The summed E-state index contributed by atoms with van der Waals surface area (Å²) in [6.07, 6.45) is 17.9. The van der Waals surface area contributed by atoms with Gasteiger partial charge in [-0.25, -0.2) is 14.6 Å². The van der Waals surface area contributed by atoms with Gasteiger partial charge in [-0.1, -0.05) is 110 Å². The fraction of sp³-hybridized carbons (Fsp3) is 0.580. The van der Waals surface area contributed by atoms with Crippen molar-refractivity contribution in [1.82, 2.24) is 45.2 Å². The first-order valence-electron chi connectivity index (χ1n) is 23.7. The monoisotopic (exact) mass is 902 g/mol. The van der Waals surface area contributed by atoms with Gasteiger partial charge in [-0.3, -0.25) is 28.8 Å². The molecule has 15 heteroatoms. The van der Waals surface area contributed by atoms with Crippen molar-refractivity contribution in [3.63, 3.8) is 0 Å². The molecule has 2 aliphatic rings. The Morgan fingerprint density at radius 3 is 1.74 bits per heavy atom. The van der Waals surface area contributed by atoms with Crippen LogP contribution in [0.2, 0.25) is 0 Å². The minimum atomic E-state index is -0.467. The molecule has 1 aromatic carbocycles. The van der Waals surface area contributed by atoms with Crippen molar-refractivity contribution < 1.29 is 14.4 Å². The van der Waals surface area contributed by atoms with Gasteiger partial charge in [0.2, 0.25) is 0 Å². The highest BCUT2D eigenvalue weighted by atomic mass is 16.2. The number of H-pyrrole nitrogens is 1. The molecule has 0 atom stereocenters. The van der Waals surface area contributed by atoms with Crippen LogP contribution in [0.3, 0.4) is 0 Å². The van der Waals surface area contributed by atoms with Gasteiger partial charge in [-0.2, -0.15) is 5.10 Å². The first-order valence-corrected chi connectivity index (χ1v) is 23.7. The lowest BCUT2D eigenvalue weighted by molar-refractivity contribution is 0.0908. The summed E-state index contributed by atoms with van der Waals surface area (Å²) in [4.78, 5) is 83.1. The first kappa shape index (κ1) is 57.3. The Hall–Kier alpha value is -5.73. The van der Waals surface area contributed by atoms with E-state index in [1.54, 1.807) is 23.2 Å². The van der Waals surface area contributed by atoms with E-state index < -0.39 is 17.0 Å². The van der Waals surface area contributed by atoms with Crippen molar-refractivity contribution in [1.29, 1.82) is 0 Å². The van der Waals surface area contributed by atoms with Crippen molar-refractivity contribution in [2.75, 3.05) is 0 Å². The van der Waals surface area contributed by atoms with Crippen LogP contribution in [0.5, 0.6) is 0 Å². The lowest BCUT2D eigenvalue weighted by Crippen LogP contribution is -2.43. The molecule has 3 heterocycles. The van der Waals surface area contributed by atoms with Crippen LogP contribution in [0, 0.1) is 0 Å². The Kier molecular flexibility index (Phi) is 26.8. The minimum Gasteiger partial charge on any atom is -0.350 e. The van der Waals surface area contributed by atoms with Crippen LogP contribution >= 0.6 is 0 Å². The number of benzene rings is 1. The smallest absolute Gasteiger partial charge is 0.282 e. The third-order valence-electron chi connectivity index (χ3n) is 9.71. The largest absolute Gasteiger partial charge is 0.350 e. The Labute approximate surface area is 387 Å². The van der Waals surface area contributed by atoms with Crippen molar-refractivity contribution in [2.45, 2.75) is 190 Å². The fourth-order valence-electron chi connectivity index (χ4n) is 6.99. The third kappa shape index (κ3) is 19.9. The van der Waals surface area contributed by atoms with Gasteiger partial charge in [0.05, 0.1) is 6.04 Å². The van der Waals surface area contributed by atoms with E-state index in [1.807, 2.05) is 120 Å². The van der Waals surface area contributed by atoms with Crippen molar-refractivity contribution >= 4 is 17.7 Å². The van der Waals surface area contributed by atoms with E-state index in [-0.39, 0.29) is 64.1 Å².